The largest absolute Gasteiger partial charge is 0.337 e. The molecule has 0 saturated heterocycles. The maximum absolute atomic E-state index is 14.1. The molecule has 1 aliphatic heterocycles. The van der Waals surface area contributed by atoms with Gasteiger partial charge in [0.2, 0.25) is 0 Å². The normalized spacial score (nSPS) is 16.3. The van der Waals surface area contributed by atoms with E-state index < -0.39 is 0 Å². The summed E-state index contributed by atoms with van der Waals surface area (Å²) in [6, 6.07) is 74.5. The molecule has 6 heteroatoms. The molecule has 67 heavy (non-hydrogen) atoms. The number of para-hydroxylation sites is 3. The molecule has 2 heterocycles. The van der Waals surface area contributed by atoms with Crippen LogP contribution in [0.25, 0.3) is 38.6 Å². The van der Waals surface area contributed by atoms with Crippen LogP contribution in [0.15, 0.2) is 231 Å². The summed E-state index contributed by atoms with van der Waals surface area (Å²) in [5.41, 5.74) is 15.2. The smallest absolute Gasteiger partial charge is 0.123 e. The van der Waals surface area contributed by atoms with Gasteiger partial charge in [0.05, 0.1) is 11.0 Å². The van der Waals surface area contributed by atoms with Crippen molar-refractivity contribution in [3.8, 4) is 16.8 Å². The lowest BCUT2D eigenvalue weighted by atomic mass is 9.83. The van der Waals surface area contributed by atoms with Crippen molar-refractivity contribution in [3.63, 3.8) is 0 Å². The molecule has 0 amide bonds. The molecule has 0 spiro atoms. The van der Waals surface area contributed by atoms with E-state index in [0.29, 0.717) is 5.92 Å². The maximum atomic E-state index is 14.1. The van der Waals surface area contributed by atoms with Crippen molar-refractivity contribution in [1.82, 2.24) is 4.57 Å². The molecule has 10 aromatic rings. The molecule has 324 valence electrons. The van der Waals surface area contributed by atoms with Crippen LogP contribution >= 0.6 is 0 Å². The Bertz CT molecular complexity index is 3420. The van der Waals surface area contributed by atoms with Gasteiger partial charge in [0, 0.05) is 73.9 Å². The Balaban J connectivity index is 0.881. The van der Waals surface area contributed by atoms with Crippen molar-refractivity contribution in [2.45, 2.75) is 25.3 Å². The van der Waals surface area contributed by atoms with Crippen LogP contribution in [-0.2, 0) is 0 Å². The van der Waals surface area contributed by atoms with Gasteiger partial charge in [-0.25, -0.2) is 8.78 Å². The van der Waals surface area contributed by atoms with E-state index in [1.165, 1.54) is 23.4 Å². The molecular formula is C61H46F2N4. The van der Waals surface area contributed by atoms with Crippen LogP contribution in [0.4, 0.5) is 54.3 Å². The molecule has 0 bridgehead atoms. The van der Waals surface area contributed by atoms with Gasteiger partial charge in [0.25, 0.3) is 0 Å². The van der Waals surface area contributed by atoms with Crippen LogP contribution in [0.2, 0.25) is 0 Å². The Hall–Kier alpha value is -8.22. The molecule has 0 radical (unpaired) electrons. The highest BCUT2D eigenvalue weighted by Gasteiger charge is 2.40. The van der Waals surface area contributed by atoms with Gasteiger partial charge in [0.15, 0.2) is 0 Å². The molecular weight excluding hydrogens is 827 g/mol. The number of hydrogen-bond acceptors (Lipinski definition) is 3. The molecule has 3 atom stereocenters. The van der Waals surface area contributed by atoms with Gasteiger partial charge < -0.3 is 19.3 Å². The molecule has 2 aliphatic rings. The molecule has 4 nitrogen and oxygen atoms in total. The highest BCUT2D eigenvalue weighted by Crippen LogP contribution is 2.52. The van der Waals surface area contributed by atoms with Crippen molar-refractivity contribution in [2.75, 3.05) is 14.7 Å². The third kappa shape index (κ3) is 7.22. The second kappa shape index (κ2) is 16.6. The number of rotatable bonds is 9. The van der Waals surface area contributed by atoms with E-state index in [2.05, 4.69) is 202 Å². The summed E-state index contributed by atoms with van der Waals surface area (Å²) in [6.45, 7) is 2.28. The van der Waals surface area contributed by atoms with Crippen LogP contribution in [0.5, 0.6) is 0 Å². The first-order valence-electron chi connectivity index (χ1n) is 23.0. The second-order valence-corrected chi connectivity index (χ2v) is 17.7. The minimum Gasteiger partial charge on any atom is -0.337 e. The van der Waals surface area contributed by atoms with Crippen molar-refractivity contribution in [1.29, 1.82) is 0 Å². The lowest BCUT2D eigenvalue weighted by Gasteiger charge is -2.33. The first kappa shape index (κ1) is 40.3. The van der Waals surface area contributed by atoms with Crippen molar-refractivity contribution < 1.29 is 8.78 Å². The van der Waals surface area contributed by atoms with Gasteiger partial charge in [-0.1, -0.05) is 97.9 Å². The van der Waals surface area contributed by atoms with E-state index in [0.717, 1.165) is 84.9 Å². The van der Waals surface area contributed by atoms with E-state index in [1.54, 1.807) is 12.1 Å². The van der Waals surface area contributed by atoms with Crippen molar-refractivity contribution in [3.05, 3.63) is 248 Å². The molecule has 9 aromatic carbocycles. The number of fused-ring (bicyclic) bond motifs is 6. The summed E-state index contributed by atoms with van der Waals surface area (Å²) in [6.07, 6.45) is 5.76. The average molecular weight is 873 g/mol. The van der Waals surface area contributed by atoms with E-state index in [1.807, 2.05) is 30.3 Å². The summed E-state index contributed by atoms with van der Waals surface area (Å²) < 4.78 is 30.3. The average Bonchev–Trinajstić information content (AvgIpc) is 3.87. The number of anilines is 8. The number of aromatic nitrogens is 1. The summed E-state index contributed by atoms with van der Waals surface area (Å²) >= 11 is 0. The number of hydrogen-bond donors (Lipinski definition) is 0. The number of halogens is 2. The molecule has 3 unspecified atom stereocenters. The van der Waals surface area contributed by atoms with Crippen LogP contribution in [-0.4, -0.2) is 10.6 Å². The standard InChI is InChI=1S/C61H46F2N4/c1-41-16-35-55-57-40-53(34-37-60(57)67(61(55)38-41)51-31-23-45(63)24-32-51)65(47-12-6-3-7-13-47)49-27-19-43(20-28-49)42-17-25-48(26-18-42)64(46-10-4-2-5-11-46)52-33-36-59-56(39-52)54-14-8-9-15-58(54)66(59)50-29-21-44(62)22-30-50/h2-37,39-41,55,61H,38H2,1H3. The zero-order valence-electron chi connectivity index (χ0n) is 36.9. The lowest BCUT2D eigenvalue weighted by molar-refractivity contribution is 0.484. The Morgan fingerprint density at radius 1 is 0.433 bits per heavy atom. The number of allylic oxidation sites excluding steroid dienone is 1. The first-order chi connectivity index (χ1) is 32.9. The Morgan fingerprint density at radius 3 is 1.54 bits per heavy atom. The Morgan fingerprint density at radius 2 is 0.925 bits per heavy atom. The third-order valence-electron chi connectivity index (χ3n) is 13.6. The second-order valence-electron chi connectivity index (χ2n) is 17.7. The van der Waals surface area contributed by atoms with E-state index in [9.17, 15) is 8.78 Å². The quantitative estimate of drug-likeness (QED) is 0.134. The Kier molecular flexibility index (Phi) is 10.0. The minimum atomic E-state index is -0.253. The van der Waals surface area contributed by atoms with E-state index in [-0.39, 0.29) is 23.6 Å². The van der Waals surface area contributed by atoms with Crippen LogP contribution < -0.4 is 14.7 Å². The minimum absolute atomic E-state index is 0.223. The molecule has 1 aliphatic carbocycles. The fourth-order valence-corrected chi connectivity index (χ4v) is 10.5. The zero-order chi connectivity index (χ0) is 45.0. The lowest BCUT2D eigenvalue weighted by Crippen LogP contribution is -2.33. The van der Waals surface area contributed by atoms with Crippen molar-refractivity contribution in [2.24, 2.45) is 5.92 Å². The molecule has 1 aromatic heterocycles. The maximum Gasteiger partial charge on any atom is 0.123 e. The molecule has 0 fully saturated rings. The van der Waals surface area contributed by atoms with Crippen LogP contribution in [0.3, 0.4) is 0 Å². The van der Waals surface area contributed by atoms with Gasteiger partial charge in [-0.2, -0.15) is 0 Å². The van der Waals surface area contributed by atoms with Crippen molar-refractivity contribution >= 4 is 67.3 Å². The molecule has 0 N–H and O–H groups in total. The molecule has 12 rings (SSSR count). The number of nitrogens with zero attached hydrogens (tertiary/aromatic N) is 4. The van der Waals surface area contributed by atoms with Crippen LogP contribution in [0, 0.1) is 17.6 Å². The Labute approximate surface area is 389 Å². The highest BCUT2D eigenvalue weighted by atomic mass is 19.1. The van der Waals surface area contributed by atoms with Gasteiger partial charge in [-0.15, -0.1) is 0 Å². The fourth-order valence-electron chi connectivity index (χ4n) is 10.5. The summed E-state index contributed by atoms with van der Waals surface area (Å²) in [7, 11) is 0. The van der Waals surface area contributed by atoms with Gasteiger partial charge in [-0.05, 0) is 169 Å². The fraction of sp³-hybridized carbons (Fsp3) is 0.0820. The number of benzene rings is 9. The van der Waals surface area contributed by atoms with E-state index >= 15 is 0 Å². The zero-order valence-corrected chi connectivity index (χ0v) is 36.9. The van der Waals surface area contributed by atoms with Gasteiger partial charge in [0.1, 0.15) is 11.6 Å². The molecule has 0 saturated carbocycles. The monoisotopic (exact) mass is 872 g/mol. The van der Waals surface area contributed by atoms with Crippen LogP contribution in [0.1, 0.15) is 24.8 Å². The predicted octanol–water partition coefficient (Wildman–Crippen LogP) is 16.9. The summed E-state index contributed by atoms with van der Waals surface area (Å²) in [4.78, 5) is 7.06. The topological polar surface area (TPSA) is 14.7 Å². The SMILES string of the molecule is CC1C=CC2c3cc(N(c4ccccc4)c4ccc(-c5ccc(N(c6ccccc6)c6ccc7c(c6)c6ccccc6n7-c6ccc(F)cc6)cc5)cc4)ccc3N(c3ccc(F)cc3)C2C1. The van der Waals surface area contributed by atoms with E-state index in [4.69, 9.17) is 0 Å². The summed E-state index contributed by atoms with van der Waals surface area (Å²) in [5.74, 6) is 0.216. The summed E-state index contributed by atoms with van der Waals surface area (Å²) in [5, 5.41) is 2.26. The van der Waals surface area contributed by atoms with Gasteiger partial charge >= 0.3 is 0 Å². The highest BCUT2D eigenvalue weighted by molar-refractivity contribution is 6.10. The first-order valence-corrected chi connectivity index (χ1v) is 23.0. The third-order valence-corrected chi connectivity index (χ3v) is 13.6. The van der Waals surface area contributed by atoms with Gasteiger partial charge in [-0.3, -0.25) is 0 Å². The predicted molar refractivity (Wildman–Crippen MR) is 274 cm³/mol.